The number of aryl methyl sites for hydroxylation is 1. The number of ketones is 1. The Labute approximate surface area is 183 Å². The Kier molecular flexibility index (Phi) is 5.52. The molecule has 4 rings (SSSR count). The normalized spacial score (nSPS) is 17.9. The summed E-state index contributed by atoms with van der Waals surface area (Å²) in [6.07, 6.45) is 0. The van der Waals surface area contributed by atoms with Crippen LogP contribution in [0.5, 0.6) is 5.75 Å². The lowest BCUT2D eigenvalue weighted by atomic mass is 9.95. The zero-order chi connectivity index (χ0) is 22.1. The van der Waals surface area contributed by atoms with Gasteiger partial charge in [0.1, 0.15) is 17.3 Å². The molecule has 0 radical (unpaired) electrons. The largest absolute Gasteiger partial charge is 0.507 e. The Morgan fingerprint density at radius 1 is 1.16 bits per heavy atom. The number of carbonyl (C=O) groups excluding carboxylic acids is 2. The number of carbonyl (C=O) groups is 2. The molecule has 0 bridgehead atoms. The molecule has 2 heterocycles. The highest BCUT2D eigenvalue weighted by Crippen LogP contribution is 2.42. The predicted octanol–water partition coefficient (Wildman–Crippen LogP) is 4.66. The number of anilines is 1. The van der Waals surface area contributed by atoms with Crippen LogP contribution in [0.1, 0.15) is 29.9 Å². The van der Waals surface area contributed by atoms with E-state index >= 15 is 0 Å². The van der Waals surface area contributed by atoms with E-state index in [2.05, 4.69) is 5.16 Å². The van der Waals surface area contributed by atoms with Crippen molar-refractivity contribution in [2.75, 3.05) is 11.5 Å². The zero-order valence-corrected chi connectivity index (χ0v) is 17.6. The second kappa shape index (κ2) is 8.28. The maximum absolute atomic E-state index is 13.0. The fraction of sp³-hybridized carbons (Fsp3) is 0.174. The van der Waals surface area contributed by atoms with Crippen molar-refractivity contribution < 1.29 is 24.0 Å². The van der Waals surface area contributed by atoms with Crippen LogP contribution >= 0.6 is 11.6 Å². The molecule has 1 aliphatic heterocycles. The third-order valence-electron chi connectivity index (χ3n) is 4.93. The van der Waals surface area contributed by atoms with Crippen LogP contribution in [0.4, 0.5) is 5.82 Å². The van der Waals surface area contributed by atoms with Crippen LogP contribution in [0, 0.1) is 6.92 Å². The lowest BCUT2D eigenvalue weighted by molar-refractivity contribution is -0.132. The van der Waals surface area contributed by atoms with Crippen molar-refractivity contribution in [3.05, 3.63) is 82.1 Å². The molecule has 0 aliphatic carbocycles. The van der Waals surface area contributed by atoms with Crippen LogP contribution in [0.3, 0.4) is 0 Å². The average molecular weight is 439 g/mol. The highest BCUT2D eigenvalue weighted by atomic mass is 35.5. The molecule has 2 aromatic carbocycles. The number of aromatic nitrogens is 1. The molecule has 0 spiro atoms. The Balaban J connectivity index is 1.87. The number of hydrogen-bond donors (Lipinski definition) is 1. The number of benzene rings is 2. The smallest absolute Gasteiger partial charge is 0.301 e. The van der Waals surface area contributed by atoms with E-state index in [1.54, 1.807) is 61.5 Å². The number of nitrogens with zero attached hydrogens (tertiary/aromatic N) is 2. The van der Waals surface area contributed by atoms with Gasteiger partial charge in [-0.15, -0.1) is 0 Å². The molecule has 3 aromatic rings. The van der Waals surface area contributed by atoms with Crippen LogP contribution < -0.4 is 9.64 Å². The summed E-state index contributed by atoms with van der Waals surface area (Å²) in [7, 11) is 0. The van der Waals surface area contributed by atoms with E-state index in [0.717, 1.165) is 0 Å². The monoisotopic (exact) mass is 438 g/mol. The minimum atomic E-state index is -0.895. The number of halogens is 1. The molecule has 7 nitrogen and oxygen atoms in total. The number of aliphatic hydroxyl groups excluding tert-OH is 1. The minimum Gasteiger partial charge on any atom is -0.507 e. The highest BCUT2D eigenvalue weighted by molar-refractivity contribution is 6.51. The number of amides is 1. The van der Waals surface area contributed by atoms with E-state index < -0.39 is 17.7 Å². The van der Waals surface area contributed by atoms with Crippen molar-refractivity contribution in [3.63, 3.8) is 0 Å². The second-order valence-corrected chi connectivity index (χ2v) is 7.41. The molecule has 1 aromatic heterocycles. The van der Waals surface area contributed by atoms with Crippen LogP contribution in [0.25, 0.3) is 5.76 Å². The number of ether oxygens (including phenoxy) is 1. The summed E-state index contributed by atoms with van der Waals surface area (Å²) in [4.78, 5) is 27.2. The van der Waals surface area contributed by atoms with Gasteiger partial charge in [-0.25, -0.2) is 0 Å². The number of rotatable bonds is 5. The highest BCUT2D eigenvalue weighted by Gasteiger charge is 2.48. The van der Waals surface area contributed by atoms with Crippen molar-refractivity contribution in [1.29, 1.82) is 0 Å². The van der Waals surface area contributed by atoms with E-state index in [4.69, 9.17) is 20.9 Å². The number of Topliss-reactive ketones (excluding diaryl/α,β-unsaturated/α-hetero) is 1. The summed E-state index contributed by atoms with van der Waals surface area (Å²) >= 11 is 6.02. The van der Waals surface area contributed by atoms with Crippen LogP contribution in [-0.4, -0.2) is 28.6 Å². The SMILES string of the molecule is CCOc1ccc(/C(O)=C2\C(=O)C(=O)N(c3cc(C)on3)[C@H]2c2ccc(Cl)cc2)cc1. The van der Waals surface area contributed by atoms with Gasteiger partial charge in [0.05, 0.1) is 18.2 Å². The van der Waals surface area contributed by atoms with E-state index in [0.29, 0.717) is 34.3 Å². The summed E-state index contributed by atoms with van der Waals surface area (Å²) < 4.78 is 10.5. The Morgan fingerprint density at radius 3 is 2.42 bits per heavy atom. The third-order valence-corrected chi connectivity index (χ3v) is 5.18. The average Bonchev–Trinajstić information content (AvgIpc) is 3.30. The van der Waals surface area contributed by atoms with E-state index in [9.17, 15) is 14.7 Å². The van der Waals surface area contributed by atoms with E-state index in [-0.39, 0.29) is 17.2 Å². The number of aliphatic hydroxyl groups is 1. The standard InChI is InChI=1S/C23H19ClN2O5/c1-3-30-17-10-6-15(7-11-17)21(27)19-20(14-4-8-16(24)9-5-14)26(23(29)22(19)28)18-12-13(2)31-25-18/h4-12,20,27H,3H2,1-2H3/b21-19+/t20-/m0/s1. The van der Waals surface area contributed by atoms with Crippen molar-refractivity contribution in [2.45, 2.75) is 19.9 Å². The zero-order valence-electron chi connectivity index (χ0n) is 16.8. The van der Waals surface area contributed by atoms with E-state index in [1.165, 1.54) is 4.90 Å². The van der Waals surface area contributed by atoms with Gasteiger partial charge in [0, 0.05) is 16.7 Å². The molecular weight excluding hydrogens is 420 g/mol. The maximum Gasteiger partial charge on any atom is 0.301 e. The lowest BCUT2D eigenvalue weighted by Crippen LogP contribution is -2.29. The van der Waals surface area contributed by atoms with Gasteiger partial charge in [0.25, 0.3) is 5.78 Å². The molecule has 1 atom stereocenters. The summed E-state index contributed by atoms with van der Waals surface area (Å²) in [6.45, 7) is 4.06. The fourth-order valence-electron chi connectivity index (χ4n) is 3.53. The van der Waals surface area contributed by atoms with Gasteiger partial charge in [-0.2, -0.15) is 0 Å². The lowest BCUT2D eigenvalue weighted by Gasteiger charge is -2.22. The molecule has 1 saturated heterocycles. The van der Waals surface area contributed by atoms with Gasteiger partial charge < -0.3 is 14.4 Å². The summed E-state index contributed by atoms with van der Waals surface area (Å²) in [5, 5.41) is 15.5. The quantitative estimate of drug-likeness (QED) is 0.354. The number of hydrogen-bond acceptors (Lipinski definition) is 6. The molecule has 0 unspecified atom stereocenters. The van der Waals surface area contributed by atoms with Gasteiger partial charge in [-0.3, -0.25) is 14.5 Å². The van der Waals surface area contributed by atoms with Gasteiger partial charge in [-0.05, 0) is 55.8 Å². The van der Waals surface area contributed by atoms with Crippen molar-refractivity contribution in [2.24, 2.45) is 0 Å². The van der Waals surface area contributed by atoms with Crippen molar-refractivity contribution in [3.8, 4) is 5.75 Å². The van der Waals surface area contributed by atoms with Gasteiger partial charge in [0.2, 0.25) is 0 Å². The molecule has 1 aliphatic rings. The minimum absolute atomic E-state index is 0.0443. The first-order valence-corrected chi connectivity index (χ1v) is 10.0. The van der Waals surface area contributed by atoms with Gasteiger partial charge in [0.15, 0.2) is 5.82 Å². The Bertz CT molecular complexity index is 1170. The van der Waals surface area contributed by atoms with Crippen LogP contribution in [0.15, 0.2) is 64.7 Å². The third kappa shape index (κ3) is 3.80. The molecule has 1 fully saturated rings. The van der Waals surface area contributed by atoms with Crippen molar-refractivity contribution in [1.82, 2.24) is 5.16 Å². The maximum atomic E-state index is 13.0. The Morgan fingerprint density at radius 2 is 1.84 bits per heavy atom. The Hall–Kier alpha value is -3.58. The molecular formula is C23H19ClN2O5. The molecule has 8 heteroatoms. The summed E-state index contributed by atoms with van der Waals surface area (Å²) in [5.74, 6) is -0.604. The topological polar surface area (TPSA) is 92.9 Å². The first kappa shape index (κ1) is 20.7. The predicted molar refractivity (Wildman–Crippen MR) is 115 cm³/mol. The van der Waals surface area contributed by atoms with Crippen LogP contribution in [0.2, 0.25) is 5.02 Å². The molecule has 158 valence electrons. The van der Waals surface area contributed by atoms with Gasteiger partial charge in [-0.1, -0.05) is 28.9 Å². The summed E-state index contributed by atoms with van der Waals surface area (Å²) in [5.41, 5.74) is 0.936. The van der Waals surface area contributed by atoms with E-state index in [1.807, 2.05) is 6.92 Å². The fourth-order valence-corrected chi connectivity index (χ4v) is 3.65. The molecule has 1 N–H and O–H groups in total. The first-order valence-electron chi connectivity index (χ1n) is 9.63. The second-order valence-electron chi connectivity index (χ2n) is 6.97. The molecule has 31 heavy (non-hydrogen) atoms. The van der Waals surface area contributed by atoms with Gasteiger partial charge >= 0.3 is 5.91 Å². The summed E-state index contributed by atoms with van der Waals surface area (Å²) in [6, 6.07) is 14.0. The first-order chi connectivity index (χ1) is 14.9. The van der Waals surface area contributed by atoms with Crippen LogP contribution in [-0.2, 0) is 9.59 Å². The molecule has 1 amide bonds. The molecule has 0 saturated carbocycles. The van der Waals surface area contributed by atoms with Crippen molar-refractivity contribution >= 4 is 34.9 Å².